The predicted octanol–water partition coefficient (Wildman–Crippen LogP) is 4.29. The minimum atomic E-state index is -0.617. The van der Waals surface area contributed by atoms with Crippen molar-refractivity contribution in [3.63, 3.8) is 0 Å². The van der Waals surface area contributed by atoms with Crippen LogP contribution in [-0.4, -0.2) is 30.2 Å². The predicted molar refractivity (Wildman–Crippen MR) is 127 cm³/mol. The van der Waals surface area contributed by atoms with Crippen molar-refractivity contribution >= 4 is 46.7 Å². The molecule has 0 radical (unpaired) electrons. The van der Waals surface area contributed by atoms with Gasteiger partial charge in [-0.15, -0.1) is 0 Å². The zero-order valence-electron chi connectivity index (χ0n) is 18.8. The second-order valence-electron chi connectivity index (χ2n) is 9.24. The minimum Gasteiger partial charge on any atom is -0.426 e. The van der Waals surface area contributed by atoms with Gasteiger partial charge in [-0.2, -0.15) is 0 Å². The summed E-state index contributed by atoms with van der Waals surface area (Å²) in [5.41, 5.74) is 1.78. The SMILES string of the molecule is Cc1cc(OC(=O)[C@@H]2CC(=O)N(c3ccccc3Cl)C2)ccc1N1C(=O)[C@H]2CCCC[C@@H]2C1=O. The van der Waals surface area contributed by atoms with E-state index in [0.29, 0.717) is 27.7 Å². The van der Waals surface area contributed by atoms with Gasteiger partial charge in [-0.1, -0.05) is 36.6 Å². The quantitative estimate of drug-likeness (QED) is 0.370. The maximum atomic E-state index is 12.9. The minimum absolute atomic E-state index is 0.0423. The highest BCUT2D eigenvalue weighted by atomic mass is 35.5. The van der Waals surface area contributed by atoms with Gasteiger partial charge in [0.15, 0.2) is 0 Å². The molecular formula is C26H25ClN2O5. The van der Waals surface area contributed by atoms with Gasteiger partial charge in [0.25, 0.3) is 0 Å². The van der Waals surface area contributed by atoms with E-state index in [1.807, 2.05) is 0 Å². The molecule has 7 nitrogen and oxygen atoms in total. The van der Waals surface area contributed by atoms with E-state index in [4.69, 9.17) is 16.3 Å². The number of halogens is 1. The van der Waals surface area contributed by atoms with Crippen molar-refractivity contribution in [1.82, 2.24) is 0 Å². The number of imide groups is 1. The molecule has 2 aromatic rings. The normalized spacial score (nSPS) is 24.5. The third kappa shape index (κ3) is 3.88. The molecule has 176 valence electrons. The number of carbonyl (C=O) groups excluding carboxylic acids is 4. The fourth-order valence-electron chi connectivity index (χ4n) is 5.31. The summed E-state index contributed by atoms with van der Waals surface area (Å²) in [6.07, 6.45) is 3.50. The number of aryl methyl sites for hydroxylation is 1. The average molecular weight is 481 g/mol. The van der Waals surface area contributed by atoms with Crippen LogP contribution in [0.2, 0.25) is 5.02 Å². The van der Waals surface area contributed by atoms with Crippen molar-refractivity contribution in [2.75, 3.05) is 16.3 Å². The van der Waals surface area contributed by atoms with Crippen LogP contribution in [-0.2, 0) is 19.2 Å². The molecule has 2 saturated heterocycles. The number of amides is 3. The molecule has 3 amide bonds. The summed E-state index contributed by atoms with van der Waals surface area (Å²) in [6, 6.07) is 11.9. The highest BCUT2D eigenvalue weighted by molar-refractivity contribution is 6.34. The number of nitrogens with zero attached hydrogens (tertiary/aromatic N) is 2. The monoisotopic (exact) mass is 480 g/mol. The first-order chi connectivity index (χ1) is 16.3. The van der Waals surface area contributed by atoms with Crippen molar-refractivity contribution in [2.45, 2.75) is 39.0 Å². The molecule has 0 spiro atoms. The molecule has 1 saturated carbocycles. The topological polar surface area (TPSA) is 84.0 Å². The first kappa shape index (κ1) is 22.6. The smallest absolute Gasteiger partial charge is 0.316 e. The lowest BCUT2D eigenvalue weighted by atomic mass is 9.81. The summed E-state index contributed by atoms with van der Waals surface area (Å²) in [5, 5.41) is 0.446. The van der Waals surface area contributed by atoms with Crippen LogP contribution in [0.4, 0.5) is 11.4 Å². The van der Waals surface area contributed by atoms with Crippen LogP contribution < -0.4 is 14.5 Å². The van der Waals surface area contributed by atoms with Gasteiger partial charge in [-0.05, 0) is 55.7 Å². The Balaban J connectivity index is 1.29. The number of fused-ring (bicyclic) bond motifs is 1. The Hall–Kier alpha value is -3.19. The molecule has 5 rings (SSSR count). The molecule has 3 atom stereocenters. The standard InChI is InChI=1S/C26H25ClN2O5/c1-15-12-17(10-11-21(15)29-24(31)18-6-2-3-7-19(18)25(29)32)34-26(33)16-13-23(30)28(14-16)22-9-5-4-8-20(22)27/h4-5,8-12,16,18-19H,2-3,6-7,13-14H2,1H3/t16-,18+,19+/m1/s1. The number of carbonyl (C=O) groups is 4. The Labute approximate surface area is 202 Å². The van der Waals surface area contributed by atoms with Gasteiger partial charge in [-0.25, -0.2) is 4.90 Å². The Bertz CT molecular complexity index is 1170. The van der Waals surface area contributed by atoms with Crippen molar-refractivity contribution in [2.24, 2.45) is 17.8 Å². The molecule has 3 fully saturated rings. The lowest BCUT2D eigenvalue weighted by Crippen LogP contribution is -2.31. The maximum Gasteiger partial charge on any atom is 0.316 e. The number of esters is 1. The van der Waals surface area contributed by atoms with E-state index in [9.17, 15) is 19.2 Å². The van der Waals surface area contributed by atoms with Gasteiger partial charge in [-0.3, -0.25) is 19.2 Å². The Morgan fingerprint density at radius 3 is 2.29 bits per heavy atom. The molecule has 2 aromatic carbocycles. The van der Waals surface area contributed by atoms with Crippen LogP contribution in [0.15, 0.2) is 42.5 Å². The summed E-state index contributed by atoms with van der Waals surface area (Å²) in [5.74, 6) is -1.71. The molecule has 1 aliphatic carbocycles. The van der Waals surface area contributed by atoms with E-state index in [1.165, 1.54) is 9.80 Å². The molecule has 34 heavy (non-hydrogen) atoms. The van der Waals surface area contributed by atoms with Crippen LogP contribution in [0.3, 0.4) is 0 Å². The van der Waals surface area contributed by atoms with Gasteiger partial charge >= 0.3 is 5.97 Å². The molecule has 0 N–H and O–H groups in total. The van der Waals surface area contributed by atoms with Gasteiger partial charge in [0, 0.05) is 13.0 Å². The Morgan fingerprint density at radius 1 is 0.971 bits per heavy atom. The van der Waals surface area contributed by atoms with Gasteiger partial charge in [0.1, 0.15) is 5.75 Å². The summed E-state index contributed by atoms with van der Waals surface area (Å²) in [4.78, 5) is 53.9. The number of ether oxygens (including phenoxy) is 1. The highest BCUT2D eigenvalue weighted by Crippen LogP contribution is 2.41. The van der Waals surface area contributed by atoms with E-state index >= 15 is 0 Å². The fraction of sp³-hybridized carbons (Fsp3) is 0.385. The molecule has 0 bridgehead atoms. The lowest BCUT2D eigenvalue weighted by Gasteiger charge is -2.19. The molecule has 0 aromatic heterocycles. The second-order valence-corrected chi connectivity index (χ2v) is 9.64. The van der Waals surface area contributed by atoms with E-state index in [-0.39, 0.29) is 42.5 Å². The number of anilines is 2. The van der Waals surface area contributed by atoms with E-state index < -0.39 is 11.9 Å². The van der Waals surface area contributed by atoms with Gasteiger partial charge in [0.2, 0.25) is 17.7 Å². The van der Waals surface area contributed by atoms with Crippen LogP contribution in [0.5, 0.6) is 5.75 Å². The number of hydrogen-bond donors (Lipinski definition) is 0. The molecule has 0 unspecified atom stereocenters. The third-order valence-corrected chi connectivity index (χ3v) is 7.39. The van der Waals surface area contributed by atoms with E-state index in [1.54, 1.807) is 49.4 Å². The maximum absolute atomic E-state index is 12.9. The van der Waals surface area contributed by atoms with Crippen molar-refractivity contribution in [3.8, 4) is 5.75 Å². The number of benzene rings is 2. The number of rotatable bonds is 4. The van der Waals surface area contributed by atoms with Crippen LogP contribution in [0.25, 0.3) is 0 Å². The van der Waals surface area contributed by atoms with Crippen LogP contribution in [0.1, 0.15) is 37.7 Å². The molecular weight excluding hydrogens is 456 g/mol. The summed E-state index contributed by atoms with van der Waals surface area (Å²) < 4.78 is 5.57. The van der Waals surface area contributed by atoms with Gasteiger partial charge < -0.3 is 9.64 Å². The summed E-state index contributed by atoms with van der Waals surface area (Å²) in [6.45, 7) is 1.98. The zero-order chi connectivity index (χ0) is 24.0. The van der Waals surface area contributed by atoms with E-state index in [0.717, 1.165) is 25.7 Å². The Morgan fingerprint density at radius 2 is 1.65 bits per heavy atom. The van der Waals surface area contributed by atoms with E-state index in [2.05, 4.69) is 0 Å². The summed E-state index contributed by atoms with van der Waals surface area (Å²) in [7, 11) is 0. The lowest BCUT2D eigenvalue weighted by molar-refractivity contribution is -0.139. The van der Waals surface area contributed by atoms with Crippen LogP contribution >= 0.6 is 11.6 Å². The third-order valence-electron chi connectivity index (χ3n) is 7.07. The number of para-hydroxylation sites is 1. The second kappa shape index (κ2) is 8.87. The van der Waals surface area contributed by atoms with Crippen LogP contribution in [0, 0.1) is 24.7 Å². The van der Waals surface area contributed by atoms with Crippen molar-refractivity contribution in [1.29, 1.82) is 0 Å². The summed E-state index contributed by atoms with van der Waals surface area (Å²) >= 11 is 6.21. The van der Waals surface area contributed by atoms with Crippen molar-refractivity contribution in [3.05, 3.63) is 53.1 Å². The molecule has 2 heterocycles. The molecule has 8 heteroatoms. The van der Waals surface area contributed by atoms with Crippen molar-refractivity contribution < 1.29 is 23.9 Å². The number of hydrogen-bond acceptors (Lipinski definition) is 5. The van der Waals surface area contributed by atoms with Gasteiger partial charge in [0.05, 0.1) is 34.2 Å². The molecule has 2 aliphatic heterocycles. The zero-order valence-corrected chi connectivity index (χ0v) is 19.6. The first-order valence-corrected chi connectivity index (χ1v) is 12.0. The molecule has 3 aliphatic rings. The fourth-order valence-corrected chi connectivity index (χ4v) is 5.55. The average Bonchev–Trinajstić information content (AvgIpc) is 3.33. The highest BCUT2D eigenvalue weighted by Gasteiger charge is 2.49. The largest absolute Gasteiger partial charge is 0.426 e. The Kier molecular flexibility index (Phi) is 5.90. The first-order valence-electron chi connectivity index (χ1n) is 11.6.